The highest BCUT2D eigenvalue weighted by Gasteiger charge is 2.55. The molecule has 1 fully saturated rings. The number of hydrogen-bond donors (Lipinski definition) is 3. The summed E-state index contributed by atoms with van der Waals surface area (Å²) in [6.45, 7) is 2.21. The Labute approximate surface area is 165 Å². The van der Waals surface area contributed by atoms with Crippen LogP contribution in [0.25, 0.3) is 11.0 Å². The van der Waals surface area contributed by atoms with Crippen LogP contribution in [-0.2, 0) is 21.7 Å². The van der Waals surface area contributed by atoms with E-state index in [-0.39, 0.29) is 0 Å². The largest absolute Gasteiger partial charge is 0.387 e. The molecule has 0 spiro atoms. The Kier molecular flexibility index (Phi) is 3.91. The molecule has 9 heteroatoms. The number of nitrogens with two attached hydrogens (primary N) is 1. The van der Waals surface area contributed by atoms with Gasteiger partial charge in [-0.25, -0.2) is 9.97 Å². The van der Waals surface area contributed by atoms with E-state index in [0.717, 1.165) is 11.1 Å². The Morgan fingerprint density at radius 1 is 1.25 bits per heavy atom. The van der Waals surface area contributed by atoms with Crippen molar-refractivity contribution in [2.75, 3.05) is 5.73 Å². The first kappa shape index (κ1) is 17.8. The van der Waals surface area contributed by atoms with Gasteiger partial charge in [-0.05, 0) is 36.2 Å². The van der Waals surface area contributed by atoms with Gasteiger partial charge >= 0.3 is 0 Å². The number of rotatable bonds is 2. The molecule has 4 heterocycles. The number of nitrogen functional groups attached to an aromatic ring is 1. The van der Waals surface area contributed by atoms with Crippen molar-refractivity contribution < 1.29 is 19.7 Å². The summed E-state index contributed by atoms with van der Waals surface area (Å²) in [5, 5.41) is 22.8. The van der Waals surface area contributed by atoms with E-state index < -0.39 is 30.1 Å². The topological polar surface area (TPSA) is 116 Å². The molecule has 0 amide bonds. The molecule has 0 unspecified atom stereocenters. The first-order valence-electron chi connectivity index (χ1n) is 8.91. The molecule has 0 bridgehead atoms. The fourth-order valence-electron chi connectivity index (χ4n) is 4.25. The molecule has 28 heavy (non-hydrogen) atoms. The zero-order valence-corrected chi connectivity index (χ0v) is 15.7. The minimum absolute atomic E-state index is 0.338. The number of anilines is 1. The lowest BCUT2D eigenvalue weighted by Gasteiger charge is -2.33. The molecule has 3 aromatic rings. The fourth-order valence-corrected chi connectivity index (χ4v) is 4.44. The Balaban J connectivity index is 1.53. The van der Waals surface area contributed by atoms with Crippen LogP contribution in [0.2, 0.25) is 5.02 Å². The minimum atomic E-state index is -1.17. The van der Waals surface area contributed by atoms with E-state index in [2.05, 4.69) is 9.97 Å². The van der Waals surface area contributed by atoms with Crippen molar-refractivity contribution in [2.45, 2.75) is 43.7 Å². The molecule has 2 aliphatic heterocycles. The van der Waals surface area contributed by atoms with Crippen LogP contribution in [0.3, 0.4) is 0 Å². The number of benzene rings is 1. The van der Waals surface area contributed by atoms with Crippen molar-refractivity contribution in [1.82, 2.24) is 14.5 Å². The predicted octanol–water partition coefficient (Wildman–Crippen LogP) is 1.73. The SMILES string of the molecule is C[C@@]1([C@H]2O[C@@H](n3ccc4c(N)ncnc43)[C@H](O)[C@@H]2O)OCc2cc(Cl)ccc21. The summed E-state index contributed by atoms with van der Waals surface area (Å²) in [5.41, 5.74) is 7.32. The zero-order chi connectivity index (χ0) is 19.6. The summed E-state index contributed by atoms with van der Waals surface area (Å²) < 4.78 is 13.8. The predicted molar refractivity (Wildman–Crippen MR) is 101 cm³/mol. The van der Waals surface area contributed by atoms with E-state index in [0.29, 0.717) is 28.5 Å². The van der Waals surface area contributed by atoms with Crippen molar-refractivity contribution in [1.29, 1.82) is 0 Å². The smallest absolute Gasteiger partial charge is 0.164 e. The maximum atomic E-state index is 10.8. The van der Waals surface area contributed by atoms with E-state index in [1.54, 1.807) is 22.9 Å². The molecular formula is C19H19ClN4O4. The van der Waals surface area contributed by atoms with Gasteiger partial charge in [-0.1, -0.05) is 17.7 Å². The molecule has 2 aliphatic rings. The van der Waals surface area contributed by atoms with Crippen LogP contribution in [0.1, 0.15) is 24.3 Å². The van der Waals surface area contributed by atoms with Crippen molar-refractivity contribution in [3.05, 3.63) is 52.9 Å². The van der Waals surface area contributed by atoms with Crippen molar-refractivity contribution in [2.24, 2.45) is 0 Å². The van der Waals surface area contributed by atoms with Crippen LogP contribution in [0.4, 0.5) is 5.82 Å². The number of aromatic nitrogens is 3. The van der Waals surface area contributed by atoms with Gasteiger partial charge in [0.25, 0.3) is 0 Å². The second kappa shape index (κ2) is 6.13. The van der Waals surface area contributed by atoms with Gasteiger partial charge in [-0.15, -0.1) is 0 Å². The lowest BCUT2D eigenvalue weighted by molar-refractivity contribution is -0.159. The second-order valence-corrected chi connectivity index (χ2v) is 7.78. The third kappa shape index (κ3) is 2.39. The average Bonchev–Trinajstić information content (AvgIpc) is 3.32. The van der Waals surface area contributed by atoms with Crippen molar-refractivity contribution >= 4 is 28.5 Å². The summed E-state index contributed by atoms with van der Waals surface area (Å²) in [4.78, 5) is 8.22. The van der Waals surface area contributed by atoms with E-state index in [4.69, 9.17) is 26.8 Å². The summed E-state index contributed by atoms with van der Waals surface area (Å²) in [6, 6.07) is 7.25. The van der Waals surface area contributed by atoms with Crippen LogP contribution < -0.4 is 5.73 Å². The van der Waals surface area contributed by atoms with Gasteiger partial charge in [-0.2, -0.15) is 0 Å². The molecule has 8 nitrogen and oxygen atoms in total. The van der Waals surface area contributed by atoms with Gasteiger partial charge in [0, 0.05) is 11.2 Å². The second-order valence-electron chi connectivity index (χ2n) is 7.34. The lowest BCUT2D eigenvalue weighted by atomic mass is 9.86. The average molecular weight is 403 g/mol. The van der Waals surface area contributed by atoms with Gasteiger partial charge in [0.15, 0.2) is 6.23 Å². The maximum Gasteiger partial charge on any atom is 0.164 e. The highest BCUT2D eigenvalue weighted by molar-refractivity contribution is 6.30. The van der Waals surface area contributed by atoms with Gasteiger partial charge < -0.3 is 30.0 Å². The lowest BCUT2D eigenvalue weighted by Crippen LogP contribution is -2.45. The van der Waals surface area contributed by atoms with Crippen molar-refractivity contribution in [3.8, 4) is 0 Å². The number of hydrogen-bond acceptors (Lipinski definition) is 7. The van der Waals surface area contributed by atoms with Crippen LogP contribution in [0.5, 0.6) is 0 Å². The first-order chi connectivity index (χ1) is 13.4. The fraction of sp³-hybridized carbons (Fsp3) is 0.368. The molecule has 5 atom stereocenters. The summed E-state index contributed by atoms with van der Waals surface area (Å²) >= 11 is 6.09. The van der Waals surface area contributed by atoms with Crippen molar-refractivity contribution in [3.63, 3.8) is 0 Å². The molecule has 0 radical (unpaired) electrons. The minimum Gasteiger partial charge on any atom is -0.387 e. The van der Waals surface area contributed by atoms with E-state index in [1.807, 2.05) is 19.1 Å². The third-order valence-electron chi connectivity index (χ3n) is 5.73. The molecule has 146 valence electrons. The normalized spacial score (nSPS) is 32.1. The number of aliphatic hydroxyl groups is 2. The molecule has 1 saturated heterocycles. The molecule has 4 N–H and O–H groups in total. The highest BCUT2D eigenvalue weighted by Crippen LogP contribution is 2.47. The van der Waals surface area contributed by atoms with Gasteiger partial charge in [-0.3, -0.25) is 0 Å². The summed E-state index contributed by atoms with van der Waals surface area (Å²) in [7, 11) is 0. The number of fused-ring (bicyclic) bond motifs is 2. The monoisotopic (exact) mass is 402 g/mol. The molecule has 0 aliphatic carbocycles. The van der Waals surface area contributed by atoms with Gasteiger partial charge in [0.1, 0.15) is 41.7 Å². The van der Waals surface area contributed by atoms with E-state index in [9.17, 15) is 10.2 Å². The zero-order valence-electron chi connectivity index (χ0n) is 15.0. The molecule has 0 saturated carbocycles. The Morgan fingerprint density at radius 2 is 2.07 bits per heavy atom. The van der Waals surface area contributed by atoms with Crippen LogP contribution >= 0.6 is 11.6 Å². The van der Waals surface area contributed by atoms with Crippen LogP contribution in [-0.4, -0.2) is 43.1 Å². The number of aliphatic hydroxyl groups excluding tert-OH is 2. The number of ether oxygens (including phenoxy) is 2. The maximum absolute atomic E-state index is 10.8. The Bertz CT molecular complexity index is 1070. The number of nitrogens with zero attached hydrogens (tertiary/aromatic N) is 3. The Morgan fingerprint density at radius 3 is 2.89 bits per heavy atom. The molecule has 2 aromatic heterocycles. The van der Waals surface area contributed by atoms with Crippen LogP contribution in [0, 0.1) is 0 Å². The summed E-state index contributed by atoms with van der Waals surface area (Å²) in [6.07, 6.45) is -0.897. The van der Waals surface area contributed by atoms with Gasteiger partial charge in [0.2, 0.25) is 0 Å². The summed E-state index contributed by atoms with van der Waals surface area (Å²) in [5.74, 6) is 0.338. The third-order valence-corrected chi connectivity index (χ3v) is 5.96. The van der Waals surface area contributed by atoms with Gasteiger partial charge in [0.05, 0.1) is 12.0 Å². The molecular weight excluding hydrogens is 384 g/mol. The Hall–Kier alpha value is -2.23. The van der Waals surface area contributed by atoms with E-state index in [1.165, 1.54) is 6.33 Å². The highest BCUT2D eigenvalue weighted by atomic mass is 35.5. The first-order valence-corrected chi connectivity index (χ1v) is 9.29. The number of halogens is 1. The van der Waals surface area contributed by atoms with Crippen LogP contribution in [0.15, 0.2) is 36.8 Å². The van der Waals surface area contributed by atoms with E-state index >= 15 is 0 Å². The molecule has 5 rings (SSSR count). The molecule has 1 aromatic carbocycles. The standard InChI is InChI=1S/C19H19ClN4O4/c1-19(12-3-2-10(20)6-9(12)7-27-19)15-13(25)14(26)18(28-15)24-5-4-11-16(21)22-8-23-17(11)24/h2-6,8,13-15,18,25-26H,7H2,1H3,(H2,21,22,23)/t13-,14+,15-,18+,19+/m0/s1. The quantitative estimate of drug-likeness (QED) is 0.597.